The monoisotopic (exact) mass is 395 g/mol. The molecule has 0 heterocycles. The first-order valence-corrected chi connectivity index (χ1v) is 11.7. The van der Waals surface area contributed by atoms with E-state index in [-0.39, 0.29) is 17.4 Å². The summed E-state index contributed by atoms with van der Waals surface area (Å²) in [5.74, 6) is -0.873. The number of rotatable bonds is 18. The molecule has 0 spiro atoms. The number of hydrogen-bond acceptors (Lipinski definition) is 3. The number of hydroxylamine groups is 1. The first-order valence-electron chi connectivity index (χ1n) is 11.7. The molecule has 0 radical (unpaired) electrons. The second-order valence-corrected chi connectivity index (χ2v) is 8.13. The molecule has 0 aliphatic heterocycles. The number of amides is 1. The molecule has 28 heavy (non-hydrogen) atoms. The summed E-state index contributed by atoms with van der Waals surface area (Å²) < 4.78 is 0. The molecule has 0 aromatic heterocycles. The van der Waals surface area contributed by atoms with Crippen molar-refractivity contribution in [1.82, 2.24) is 5.48 Å². The molecule has 4 heteroatoms. The standard InChI is InChI=1S/C24H45NO3/c1-5-7-8-9-10-11-12-13-14-15-16-17-18-19-20-22(6-2)23(26)25-28-24(27)21(3)4/h22H,3,5-20H2,1-2,4H3,(H,25,26). The Morgan fingerprint density at radius 3 is 1.61 bits per heavy atom. The van der Waals surface area contributed by atoms with Crippen molar-refractivity contribution in [2.45, 2.75) is 124 Å². The molecular weight excluding hydrogens is 350 g/mol. The highest BCUT2D eigenvalue weighted by molar-refractivity contribution is 5.88. The van der Waals surface area contributed by atoms with Gasteiger partial charge in [-0.2, -0.15) is 5.48 Å². The van der Waals surface area contributed by atoms with Gasteiger partial charge >= 0.3 is 5.97 Å². The average molecular weight is 396 g/mol. The van der Waals surface area contributed by atoms with E-state index in [1.165, 1.54) is 83.5 Å². The van der Waals surface area contributed by atoms with Gasteiger partial charge in [-0.05, 0) is 19.8 Å². The third-order valence-electron chi connectivity index (χ3n) is 5.36. The van der Waals surface area contributed by atoms with Crippen LogP contribution in [0.4, 0.5) is 0 Å². The van der Waals surface area contributed by atoms with Crippen LogP contribution in [0.2, 0.25) is 0 Å². The van der Waals surface area contributed by atoms with Crippen LogP contribution in [0.25, 0.3) is 0 Å². The molecule has 0 aliphatic rings. The van der Waals surface area contributed by atoms with Gasteiger partial charge in [0.2, 0.25) is 0 Å². The van der Waals surface area contributed by atoms with Gasteiger partial charge in [0.15, 0.2) is 0 Å². The average Bonchev–Trinajstić information content (AvgIpc) is 2.68. The van der Waals surface area contributed by atoms with E-state index in [9.17, 15) is 9.59 Å². The number of unbranched alkanes of at least 4 members (excludes halogenated alkanes) is 13. The van der Waals surface area contributed by atoms with E-state index in [0.717, 1.165) is 19.3 Å². The Balaban J connectivity index is 3.51. The van der Waals surface area contributed by atoms with Crippen molar-refractivity contribution in [2.24, 2.45) is 5.92 Å². The van der Waals surface area contributed by atoms with E-state index < -0.39 is 5.97 Å². The summed E-state index contributed by atoms with van der Waals surface area (Å²) in [4.78, 5) is 28.1. The van der Waals surface area contributed by atoms with Gasteiger partial charge in [0.1, 0.15) is 0 Å². The summed E-state index contributed by atoms with van der Waals surface area (Å²) in [6.07, 6.45) is 20.3. The van der Waals surface area contributed by atoms with Gasteiger partial charge in [-0.3, -0.25) is 4.79 Å². The van der Waals surface area contributed by atoms with Crippen LogP contribution >= 0.6 is 0 Å². The SMILES string of the molecule is C=C(C)C(=O)ONC(=O)C(CC)CCCCCCCCCCCCCCCC. The summed E-state index contributed by atoms with van der Waals surface area (Å²) >= 11 is 0. The van der Waals surface area contributed by atoms with Crippen molar-refractivity contribution >= 4 is 11.9 Å². The number of hydrogen-bond donors (Lipinski definition) is 1. The third-order valence-corrected chi connectivity index (χ3v) is 5.36. The summed E-state index contributed by atoms with van der Waals surface area (Å²) in [5, 5.41) is 0. The Bertz CT molecular complexity index is 420. The molecule has 0 saturated heterocycles. The minimum Gasteiger partial charge on any atom is -0.336 e. The lowest BCUT2D eigenvalue weighted by atomic mass is 9.97. The lowest BCUT2D eigenvalue weighted by Crippen LogP contribution is -2.32. The second-order valence-electron chi connectivity index (χ2n) is 8.13. The quantitative estimate of drug-likeness (QED) is 0.154. The molecule has 0 aliphatic carbocycles. The van der Waals surface area contributed by atoms with Crippen LogP contribution in [-0.4, -0.2) is 11.9 Å². The van der Waals surface area contributed by atoms with Gasteiger partial charge in [-0.15, -0.1) is 0 Å². The lowest BCUT2D eigenvalue weighted by molar-refractivity contribution is -0.156. The molecule has 0 bridgehead atoms. The van der Waals surface area contributed by atoms with E-state index in [0.29, 0.717) is 0 Å². The maximum Gasteiger partial charge on any atom is 0.358 e. The highest BCUT2D eigenvalue weighted by Crippen LogP contribution is 2.17. The van der Waals surface area contributed by atoms with Crippen LogP contribution in [-0.2, 0) is 14.4 Å². The predicted molar refractivity (Wildman–Crippen MR) is 118 cm³/mol. The van der Waals surface area contributed by atoms with Gasteiger partial charge in [-0.1, -0.05) is 110 Å². The zero-order valence-electron chi connectivity index (χ0n) is 18.8. The zero-order valence-corrected chi connectivity index (χ0v) is 18.8. The second kappa shape index (κ2) is 19.0. The molecular formula is C24H45NO3. The molecule has 0 fully saturated rings. The molecule has 0 rings (SSSR count). The highest BCUT2D eigenvalue weighted by Gasteiger charge is 2.17. The fourth-order valence-corrected chi connectivity index (χ4v) is 3.37. The molecule has 1 atom stereocenters. The van der Waals surface area contributed by atoms with E-state index in [2.05, 4.69) is 19.0 Å². The molecule has 1 N–H and O–H groups in total. The van der Waals surface area contributed by atoms with Crippen LogP contribution in [0, 0.1) is 5.92 Å². The van der Waals surface area contributed by atoms with Crippen molar-refractivity contribution < 1.29 is 14.4 Å². The normalized spacial score (nSPS) is 11.8. The Kier molecular flexibility index (Phi) is 18.1. The van der Waals surface area contributed by atoms with Crippen molar-refractivity contribution in [2.75, 3.05) is 0 Å². The van der Waals surface area contributed by atoms with E-state index >= 15 is 0 Å². The Morgan fingerprint density at radius 2 is 1.21 bits per heavy atom. The van der Waals surface area contributed by atoms with E-state index in [4.69, 9.17) is 4.84 Å². The van der Waals surface area contributed by atoms with Crippen LogP contribution in [0.5, 0.6) is 0 Å². The summed E-state index contributed by atoms with van der Waals surface area (Å²) in [6, 6.07) is 0. The van der Waals surface area contributed by atoms with E-state index in [1.807, 2.05) is 6.92 Å². The van der Waals surface area contributed by atoms with Crippen LogP contribution in [0.15, 0.2) is 12.2 Å². The fourth-order valence-electron chi connectivity index (χ4n) is 3.37. The van der Waals surface area contributed by atoms with Gasteiger partial charge in [-0.25, -0.2) is 4.79 Å². The Morgan fingerprint density at radius 1 is 0.786 bits per heavy atom. The molecule has 164 valence electrons. The van der Waals surface area contributed by atoms with Crippen molar-refractivity contribution in [3.8, 4) is 0 Å². The van der Waals surface area contributed by atoms with Crippen LogP contribution in [0.1, 0.15) is 124 Å². The van der Waals surface area contributed by atoms with Crippen molar-refractivity contribution in [3.63, 3.8) is 0 Å². The first kappa shape index (κ1) is 26.7. The lowest BCUT2D eigenvalue weighted by Gasteiger charge is -2.14. The molecule has 0 aromatic rings. The number of nitrogens with one attached hydrogen (secondary N) is 1. The van der Waals surface area contributed by atoms with Gasteiger partial charge in [0.05, 0.1) is 0 Å². The molecule has 4 nitrogen and oxygen atoms in total. The minimum atomic E-state index is -0.584. The summed E-state index contributed by atoms with van der Waals surface area (Å²) in [7, 11) is 0. The van der Waals surface area contributed by atoms with Crippen LogP contribution in [0.3, 0.4) is 0 Å². The highest BCUT2D eigenvalue weighted by atomic mass is 16.7. The number of carbonyl (C=O) groups is 2. The topological polar surface area (TPSA) is 55.4 Å². The third kappa shape index (κ3) is 15.7. The maximum atomic E-state index is 12.0. The zero-order chi connectivity index (χ0) is 21.0. The Labute approximate surface area is 173 Å². The van der Waals surface area contributed by atoms with Crippen molar-refractivity contribution in [1.29, 1.82) is 0 Å². The van der Waals surface area contributed by atoms with Gasteiger partial charge in [0.25, 0.3) is 5.91 Å². The van der Waals surface area contributed by atoms with Gasteiger partial charge < -0.3 is 4.84 Å². The molecule has 0 saturated carbocycles. The first-order chi connectivity index (χ1) is 13.5. The van der Waals surface area contributed by atoms with E-state index in [1.54, 1.807) is 6.92 Å². The number of carbonyl (C=O) groups excluding carboxylic acids is 2. The smallest absolute Gasteiger partial charge is 0.336 e. The van der Waals surface area contributed by atoms with Crippen molar-refractivity contribution in [3.05, 3.63) is 12.2 Å². The minimum absolute atomic E-state index is 0.0877. The Hall–Kier alpha value is -1.32. The maximum absolute atomic E-state index is 12.0. The largest absolute Gasteiger partial charge is 0.358 e. The fraction of sp³-hybridized carbons (Fsp3) is 0.833. The molecule has 1 amide bonds. The molecule has 0 aromatic carbocycles. The molecule has 1 unspecified atom stereocenters. The van der Waals surface area contributed by atoms with Gasteiger partial charge in [0, 0.05) is 11.5 Å². The van der Waals surface area contributed by atoms with Crippen LogP contribution < -0.4 is 5.48 Å². The predicted octanol–water partition coefficient (Wildman–Crippen LogP) is 7.03. The summed E-state index contributed by atoms with van der Waals surface area (Å²) in [6.45, 7) is 9.31. The summed E-state index contributed by atoms with van der Waals surface area (Å²) in [5.41, 5.74) is 2.54.